The molecule has 5 aromatic rings. The summed E-state index contributed by atoms with van der Waals surface area (Å²) in [5.41, 5.74) is 12.2. The third-order valence-electron chi connectivity index (χ3n) is 6.83. The van der Waals surface area contributed by atoms with Gasteiger partial charge in [-0.3, -0.25) is 4.40 Å². The monoisotopic (exact) mass is 494 g/mol. The molecule has 2 aromatic carbocycles. The van der Waals surface area contributed by atoms with Crippen molar-refractivity contribution in [1.82, 2.24) is 24.7 Å². The van der Waals surface area contributed by atoms with E-state index < -0.39 is 6.09 Å². The maximum absolute atomic E-state index is 9.26. The van der Waals surface area contributed by atoms with Gasteiger partial charge >= 0.3 is 6.09 Å². The molecule has 8 nitrogen and oxygen atoms in total. The van der Waals surface area contributed by atoms with Crippen LogP contribution in [0.4, 0.5) is 10.6 Å². The molecule has 0 saturated heterocycles. The van der Waals surface area contributed by atoms with E-state index in [2.05, 4.69) is 51.8 Å². The number of fused-ring (bicyclic) bond motifs is 2. The molecule has 1 aliphatic carbocycles. The van der Waals surface area contributed by atoms with E-state index in [1.807, 2.05) is 29.7 Å². The number of benzene rings is 2. The standard InChI is InChI=1S/C27H25N5.C2H5NO2/c28-26-25-24(31-27(32(25)16-15-29-26)20-9-5-2-6-10-20)21-12-11-19-13-14-22(30-23(19)17-21)18-7-3-1-4-8-18;1-3-2(4)5/h1,3-4,7-8,11-17,20H,2,5-6,9-10H2,(H2,28,29);3H,1H3,(H,4,5). The molecule has 3 heterocycles. The van der Waals surface area contributed by atoms with Crippen molar-refractivity contribution in [3.8, 4) is 22.5 Å². The molecule has 3 aromatic heterocycles. The number of aromatic nitrogens is 4. The van der Waals surface area contributed by atoms with Crippen LogP contribution < -0.4 is 11.1 Å². The van der Waals surface area contributed by atoms with Crippen LogP contribution in [0.3, 0.4) is 0 Å². The fourth-order valence-electron chi connectivity index (χ4n) is 4.97. The van der Waals surface area contributed by atoms with Gasteiger partial charge in [0.2, 0.25) is 0 Å². The highest BCUT2D eigenvalue weighted by Crippen LogP contribution is 2.37. The lowest BCUT2D eigenvalue weighted by molar-refractivity contribution is 0.197. The second kappa shape index (κ2) is 10.7. The van der Waals surface area contributed by atoms with Crippen molar-refractivity contribution in [3.05, 3.63) is 78.9 Å². The zero-order valence-corrected chi connectivity index (χ0v) is 20.8. The number of nitrogens with zero attached hydrogens (tertiary/aromatic N) is 4. The van der Waals surface area contributed by atoms with Gasteiger partial charge in [0.25, 0.3) is 0 Å². The van der Waals surface area contributed by atoms with Crippen molar-refractivity contribution >= 4 is 28.3 Å². The van der Waals surface area contributed by atoms with Gasteiger partial charge < -0.3 is 16.2 Å². The zero-order chi connectivity index (χ0) is 25.8. The van der Waals surface area contributed by atoms with Crippen LogP contribution in [0.2, 0.25) is 0 Å². The molecule has 1 saturated carbocycles. The molecule has 0 bridgehead atoms. The minimum Gasteiger partial charge on any atom is -0.465 e. The van der Waals surface area contributed by atoms with E-state index in [9.17, 15) is 4.79 Å². The quantitative estimate of drug-likeness (QED) is 0.278. The molecule has 0 spiro atoms. The highest BCUT2D eigenvalue weighted by molar-refractivity contribution is 5.91. The second-order valence-electron chi connectivity index (χ2n) is 9.21. The van der Waals surface area contributed by atoms with E-state index in [1.54, 1.807) is 6.20 Å². The minimum absolute atomic E-state index is 0.468. The lowest BCUT2D eigenvalue weighted by Crippen LogP contribution is -2.13. The Labute approximate surface area is 215 Å². The first kappa shape index (κ1) is 24.2. The summed E-state index contributed by atoms with van der Waals surface area (Å²) in [4.78, 5) is 23.7. The van der Waals surface area contributed by atoms with E-state index >= 15 is 0 Å². The van der Waals surface area contributed by atoms with Crippen molar-refractivity contribution in [2.45, 2.75) is 38.0 Å². The second-order valence-corrected chi connectivity index (χ2v) is 9.21. The number of hydrogen-bond acceptors (Lipinski definition) is 5. The molecule has 188 valence electrons. The molecule has 8 heteroatoms. The summed E-state index contributed by atoms with van der Waals surface area (Å²) in [6.07, 6.45) is 8.98. The molecular formula is C29H30N6O2. The summed E-state index contributed by atoms with van der Waals surface area (Å²) >= 11 is 0. The SMILES string of the molecule is CNC(=O)O.Nc1nccn2c(C3CCCCC3)nc(-c3ccc4ccc(-c5ccccc5)nc4c3)c12. The number of hydrogen-bond donors (Lipinski definition) is 3. The van der Waals surface area contributed by atoms with Crippen molar-refractivity contribution < 1.29 is 9.90 Å². The number of imidazole rings is 1. The topological polar surface area (TPSA) is 118 Å². The van der Waals surface area contributed by atoms with Crippen LogP contribution in [0, 0.1) is 0 Å². The average molecular weight is 495 g/mol. The minimum atomic E-state index is -0.995. The number of nitrogen functional groups attached to an aromatic ring is 1. The fraction of sp³-hybridized carbons (Fsp3) is 0.241. The summed E-state index contributed by atoms with van der Waals surface area (Å²) in [5, 5.41) is 10.7. The van der Waals surface area contributed by atoms with Crippen LogP contribution in [0.1, 0.15) is 43.8 Å². The van der Waals surface area contributed by atoms with Crippen LogP contribution in [0.5, 0.6) is 0 Å². The lowest BCUT2D eigenvalue weighted by Gasteiger charge is -2.20. The average Bonchev–Trinajstić information content (AvgIpc) is 3.35. The van der Waals surface area contributed by atoms with Gasteiger partial charge in [0.1, 0.15) is 22.9 Å². The van der Waals surface area contributed by atoms with Gasteiger partial charge in [-0.25, -0.2) is 19.7 Å². The highest BCUT2D eigenvalue weighted by atomic mass is 16.4. The maximum Gasteiger partial charge on any atom is 0.404 e. The summed E-state index contributed by atoms with van der Waals surface area (Å²) in [6, 6.07) is 20.8. The summed E-state index contributed by atoms with van der Waals surface area (Å²) in [7, 11) is 1.35. The Hall–Kier alpha value is -4.46. The Balaban J connectivity index is 0.000000514. The van der Waals surface area contributed by atoms with Crippen LogP contribution in [0.15, 0.2) is 73.1 Å². The van der Waals surface area contributed by atoms with Gasteiger partial charge in [0, 0.05) is 41.9 Å². The van der Waals surface area contributed by atoms with Gasteiger partial charge in [-0.05, 0) is 25.0 Å². The molecule has 0 radical (unpaired) electrons. The van der Waals surface area contributed by atoms with Crippen LogP contribution in [0.25, 0.3) is 38.9 Å². The Bertz CT molecular complexity index is 1540. The van der Waals surface area contributed by atoms with Gasteiger partial charge in [0.15, 0.2) is 0 Å². The van der Waals surface area contributed by atoms with Gasteiger partial charge in [0.05, 0.1) is 11.2 Å². The van der Waals surface area contributed by atoms with E-state index in [0.717, 1.165) is 44.8 Å². The molecule has 0 atom stereocenters. The molecule has 4 N–H and O–H groups in total. The molecule has 37 heavy (non-hydrogen) atoms. The lowest BCUT2D eigenvalue weighted by atomic mass is 9.89. The zero-order valence-electron chi connectivity index (χ0n) is 20.8. The summed E-state index contributed by atoms with van der Waals surface area (Å²) < 4.78 is 2.16. The van der Waals surface area contributed by atoms with Gasteiger partial charge in [-0.1, -0.05) is 67.8 Å². The first-order chi connectivity index (χ1) is 18.0. The van der Waals surface area contributed by atoms with Crippen molar-refractivity contribution in [1.29, 1.82) is 0 Å². The smallest absolute Gasteiger partial charge is 0.404 e. The molecule has 1 amide bonds. The molecule has 6 rings (SSSR count). The molecule has 1 aliphatic rings. The third kappa shape index (κ3) is 5.09. The number of anilines is 1. The normalized spacial score (nSPS) is 13.8. The number of carboxylic acid groups (broad SMARTS) is 1. The number of carbonyl (C=O) groups is 1. The third-order valence-corrected chi connectivity index (χ3v) is 6.83. The summed E-state index contributed by atoms with van der Waals surface area (Å²) in [6.45, 7) is 0. The molecular weight excluding hydrogens is 464 g/mol. The first-order valence-electron chi connectivity index (χ1n) is 12.5. The van der Waals surface area contributed by atoms with Crippen molar-refractivity contribution in [2.75, 3.05) is 12.8 Å². The Kier molecular flexibility index (Phi) is 6.98. The van der Waals surface area contributed by atoms with Crippen LogP contribution in [-0.4, -0.2) is 37.6 Å². The highest BCUT2D eigenvalue weighted by Gasteiger charge is 2.24. The number of pyridine rings is 1. The van der Waals surface area contributed by atoms with E-state index in [1.165, 1.54) is 39.2 Å². The van der Waals surface area contributed by atoms with Crippen LogP contribution in [-0.2, 0) is 0 Å². The number of rotatable bonds is 3. The molecule has 0 unspecified atom stereocenters. The van der Waals surface area contributed by atoms with Crippen molar-refractivity contribution in [2.24, 2.45) is 0 Å². The van der Waals surface area contributed by atoms with Crippen LogP contribution >= 0.6 is 0 Å². The van der Waals surface area contributed by atoms with E-state index in [-0.39, 0.29) is 0 Å². The number of nitrogens with two attached hydrogens (primary N) is 1. The molecule has 1 fully saturated rings. The Morgan fingerprint density at radius 1 is 1.00 bits per heavy atom. The summed E-state index contributed by atoms with van der Waals surface area (Å²) in [5.74, 6) is 2.09. The molecule has 0 aliphatic heterocycles. The Morgan fingerprint density at radius 3 is 2.46 bits per heavy atom. The van der Waals surface area contributed by atoms with E-state index in [0.29, 0.717) is 11.7 Å². The van der Waals surface area contributed by atoms with Gasteiger partial charge in [-0.2, -0.15) is 0 Å². The predicted octanol–water partition coefficient (Wildman–Crippen LogP) is 6.13. The maximum atomic E-state index is 9.26. The first-order valence-corrected chi connectivity index (χ1v) is 12.5. The predicted molar refractivity (Wildman–Crippen MR) is 146 cm³/mol. The van der Waals surface area contributed by atoms with E-state index in [4.69, 9.17) is 20.8 Å². The van der Waals surface area contributed by atoms with Gasteiger partial charge in [-0.15, -0.1) is 0 Å². The number of amides is 1. The Morgan fingerprint density at radius 2 is 1.73 bits per heavy atom. The number of nitrogens with one attached hydrogen (secondary N) is 1. The fourth-order valence-corrected chi connectivity index (χ4v) is 4.97. The van der Waals surface area contributed by atoms with Crippen molar-refractivity contribution in [3.63, 3.8) is 0 Å². The largest absolute Gasteiger partial charge is 0.465 e.